The van der Waals surface area contributed by atoms with E-state index in [1.165, 1.54) is 0 Å². The summed E-state index contributed by atoms with van der Waals surface area (Å²) in [6.07, 6.45) is 2.90. The first-order valence-corrected chi connectivity index (χ1v) is 8.78. The van der Waals surface area contributed by atoms with Gasteiger partial charge < -0.3 is 9.88 Å². The van der Waals surface area contributed by atoms with E-state index in [-0.39, 0.29) is 5.75 Å². The molecule has 0 bridgehead atoms. The monoisotopic (exact) mass is 301 g/mol. The minimum Gasteiger partial charge on any atom is -0.330 e. The highest BCUT2D eigenvalue weighted by atomic mass is 32.2. The summed E-state index contributed by atoms with van der Waals surface area (Å²) in [6.45, 7) is 11.4. The lowest BCUT2D eigenvalue weighted by Gasteiger charge is -2.20. The largest absolute Gasteiger partial charge is 0.330 e. The summed E-state index contributed by atoms with van der Waals surface area (Å²) < 4.78 is 25.6. The fraction of sp³-hybridized carbons (Fsp3) is 0.786. The second-order valence-corrected chi connectivity index (χ2v) is 8.92. The zero-order chi connectivity index (χ0) is 15.4. The van der Waals surface area contributed by atoms with Gasteiger partial charge in [-0.2, -0.15) is 0 Å². The normalized spacial score (nSPS) is 12.8. The zero-order valence-electron chi connectivity index (χ0n) is 13.2. The Morgan fingerprint density at radius 2 is 2.00 bits per heavy atom. The molecule has 0 saturated carbocycles. The third-order valence-electron chi connectivity index (χ3n) is 3.39. The molecule has 1 aromatic rings. The number of imidazole rings is 1. The average molecular weight is 301 g/mol. The molecule has 6 heteroatoms. The van der Waals surface area contributed by atoms with Crippen molar-refractivity contribution < 1.29 is 8.42 Å². The molecule has 0 aromatic carbocycles. The van der Waals surface area contributed by atoms with Crippen molar-refractivity contribution in [3.63, 3.8) is 0 Å². The minimum absolute atomic E-state index is 0.147. The van der Waals surface area contributed by atoms with Gasteiger partial charge in [-0.15, -0.1) is 0 Å². The maximum atomic E-state index is 12.2. The molecular weight excluding hydrogens is 274 g/mol. The Kier molecular flexibility index (Phi) is 5.77. The average Bonchev–Trinajstić information content (AvgIpc) is 2.67. The highest BCUT2D eigenvalue weighted by molar-refractivity contribution is 7.92. The van der Waals surface area contributed by atoms with Crippen molar-refractivity contribution in [2.24, 2.45) is 0 Å². The lowest BCUT2D eigenvalue weighted by molar-refractivity contribution is 0.549. The van der Waals surface area contributed by atoms with Gasteiger partial charge in [-0.05, 0) is 40.7 Å². The van der Waals surface area contributed by atoms with Crippen molar-refractivity contribution in [1.29, 1.82) is 0 Å². The van der Waals surface area contributed by atoms with Gasteiger partial charge in [-0.1, -0.05) is 6.92 Å². The van der Waals surface area contributed by atoms with Crippen molar-refractivity contribution in [2.75, 3.05) is 12.3 Å². The number of sulfone groups is 1. The second-order valence-electron chi connectivity index (χ2n) is 6.06. The van der Waals surface area contributed by atoms with Crippen LogP contribution in [-0.4, -0.2) is 35.0 Å². The summed E-state index contributed by atoms with van der Waals surface area (Å²) >= 11 is 0. The van der Waals surface area contributed by atoms with E-state index >= 15 is 0 Å². The highest BCUT2D eigenvalue weighted by Gasteiger charge is 2.28. The fourth-order valence-corrected chi connectivity index (χ4v) is 2.91. The Bertz CT molecular complexity index is 527. The van der Waals surface area contributed by atoms with Gasteiger partial charge in [0.2, 0.25) is 0 Å². The van der Waals surface area contributed by atoms with Gasteiger partial charge in [-0.3, -0.25) is 0 Å². The van der Waals surface area contributed by atoms with E-state index in [0.717, 1.165) is 31.0 Å². The second kappa shape index (κ2) is 6.72. The van der Waals surface area contributed by atoms with Crippen molar-refractivity contribution in [1.82, 2.24) is 14.9 Å². The van der Waals surface area contributed by atoms with Gasteiger partial charge in [0.05, 0.1) is 16.2 Å². The number of hydrogen-bond acceptors (Lipinski definition) is 4. The van der Waals surface area contributed by atoms with Crippen LogP contribution < -0.4 is 5.32 Å². The molecule has 116 valence electrons. The molecule has 0 fully saturated rings. The molecule has 5 nitrogen and oxygen atoms in total. The molecule has 1 aromatic heterocycles. The molecule has 0 aliphatic heterocycles. The lowest BCUT2D eigenvalue weighted by atomic mass is 10.3. The molecule has 1 rings (SSSR count). The van der Waals surface area contributed by atoms with E-state index in [0.29, 0.717) is 6.54 Å². The molecule has 1 heterocycles. The third kappa shape index (κ3) is 4.31. The fourth-order valence-electron chi connectivity index (χ4n) is 1.87. The molecular formula is C14H27N3O2S. The third-order valence-corrected chi connectivity index (χ3v) is 5.97. The number of aryl methyl sites for hydroxylation is 1. The van der Waals surface area contributed by atoms with Crippen LogP contribution in [0.1, 0.15) is 45.6 Å². The van der Waals surface area contributed by atoms with Crippen LogP contribution in [0.5, 0.6) is 0 Å². The van der Waals surface area contributed by atoms with Crippen LogP contribution in [0.3, 0.4) is 0 Å². The Balaban J connectivity index is 2.75. The number of nitrogens with zero attached hydrogens (tertiary/aromatic N) is 2. The van der Waals surface area contributed by atoms with E-state index in [2.05, 4.69) is 17.2 Å². The van der Waals surface area contributed by atoms with Gasteiger partial charge in [0.15, 0.2) is 9.84 Å². The number of aromatic nitrogens is 2. The van der Waals surface area contributed by atoms with Crippen LogP contribution in [0.25, 0.3) is 0 Å². The maximum Gasteiger partial charge on any atom is 0.156 e. The van der Waals surface area contributed by atoms with Gasteiger partial charge in [0.1, 0.15) is 5.82 Å². The van der Waals surface area contributed by atoms with Gasteiger partial charge in [-0.25, -0.2) is 13.4 Å². The maximum absolute atomic E-state index is 12.2. The minimum atomic E-state index is -3.10. The van der Waals surface area contributed by atoms with E-state index in [1.54, 1.807) is 20.8 Å². The van der Waals surface area contributed by atoms with Crippen LogP contribution in [0, 0.1) is 6.92 Å². The number of hydrogen-bond donors (Lipinski definition) is 1. The van der Waals surface area contributed by atoms with Gasteiger partial charge in [0.25, 0.3) is 0 Å². The molecule has 0 atom stereocenters. The summed E-state index contributed by atoms with van der Waals surface area (Å²) in [4.78, 5) is 4.29. The smallest absolute Gasteiger partial charge is 0.156 e. The molecule has 0 spiro atoms. The summed E-state index contributed by atoms with van der Waals surface area (Å²) in [5, 5.41) is 3.32. The number of nitrogens with one attached hydrogen (secondary N) is 1. The quantitative estimate of drug-likeness (QED) is 0.781. The highest BCUT2D eigenvalue weighted by Crippen LogP contribution is 2.17. The van der Waals surface area contributed by atoms with Crippen LogP contribution in [0.15, 0.2) is 6.20 Å². The first-order chi connectivity index (χ1) is 9.19. The summed E-state index contributed by atoms with van der Waals surface area (Å²) in [5.74, 6) is 1.01. The Morgan fingerprint density at radius 3 is 2.55 bits per heavy atom. The first kappa shape index (κ1) is 17.2. The molecule has 1 N–H and O–H groups in total. The van der Waals surface area contributed by atoms with Crippen LogP contribution >= 0.6 is 0 Å². The molecule has 0 aliphatic carbocycles. The first-order valence-electron chi connectivity index (χ1n) is 7.13. The Morgan fingerprint density at radius 1 is 1.35 bits per heavy atom. The molecule has 0 unspecified atom stereocenters. The van der Waals surface area contributed by atoms with Crippen molar-refractivity contribution >= 4 is 9.84 Å². The SMILES string of the molecule is CCCNCc1cnc(C)n1CCS(=O)(=O)C(C)(C)C. The van der Waals surface area contributed by atoms with E-state index in [9.17, 15) is 8.42 Å². The van der Waals surface area contributed by atoms with Crippen LogP contribution in [-0.2, 0) is 22.9 Å². The summed E-state index contributed by atoms with van der Waals surface area (Å²) in [6, 6.07) is 0. The zero-order valence-corrected chi connectivity index (χ0v) is 14.0. The van der Waals surface area contributed by atoms with E-state index < -0.39 is 14.6 Å². The Labute approximate surface area is 122 Å². The Hall–Kier alpha value is -0.880. The molecule has 0 amide bonds. The van der Waals surface area contributed by atoms with Crippen LogP contribution in [0.4, 0.5) is 0 Å². The standard InChI is InChI=1S/C14H27N3O2S/c1-6-7-15-10-13-11-16-12(2)17(13)8-9-20(18,19)14(3,4)5/h11,15H,6-10H2,1-5H3. The van der Waals surface area contributed by atoms with Crippen molar-refractivity contribution in [3.8, 4) is 0 Å². The van der Waals surface area contributed by atoms with E-state index in [1.807, 2.05) is 17.7 Å². The lowest BCUT2D eigenvalue weighted by Crippen LogP contribution is -2.32. The molecule has 0 aliphatic rings. The van der Waals surface area contributed by atoms with Crippen molar-refractivity contribution in [2.45, 2.75) is 58.9 Å². The molecule has 0 saturated heterocycles. The summed E-state index contributed by atoms with van der Waals surface area (Å²) in [5.41, 5.74) is 1.04. The van der Waals surface area contributed by atoms with E-state index in [4.69, 9.17) is 0 Å². The topological polar surface area (TPSA) is 64.0 Å². The van der Waals surface area contributed by atoms with Gasteiger partial charge in [0, 0.05) is 19.3 Å². The molecule has 0 radical (unpaired) electrons. The molecule has 20 heavy (non-hydrogen) atoms. The van der Waals surface area contributed by atoms with Gasteiger partial charge >= 0.3 is 0 Å². The van der Waals surface area contributed by atoms with Crippen molar-refractivity contribution in [3.05, 3.63) is 17.7 Å². The van der Waals surface area contributed by atoms with Crippen LogP contribution in [0.2, 0.25) is 0 Å². The number of rotatable bonds is 7. The predicted octanol–water partition coefficient (Wildman–Crippen LogP) is 1.90. The predicted molar refractivity (Wildman–Crippen MR) is 82.5 cm³/mol. The summed E-state index contributed by atoms with van der Waals surface area (Å²) in [7, 11) is -3.10.